The van der Waals surface area contributed by atoms with E-state index in [1.807, 2.05) is 0 Å². The lowest BCUT2D eigenvalue weighted by Gasteiger charge is -2.12. The Bertz CT molecular complexity index is 733. The summed E-state index contributed by atoms with van der Waals surface area (Å²) < 4.78 is 5.51. The molecular weight excluding hydrogens is 318 g/mol. The highest BCUT2D eigenvalue weighted by atomic mass is 16.5. The molecule has 0 saturated heterocycles. The predicted molar refractivity (Wildman–Crippen MR) is 97.3 cm³/mol. The maximum atomic E-state index is 12.9. The molecule has 1 aromatic rings. The van der Waals surface area contributed by atoms with Gasteiger partial charge in [0.05, 0.1) is 18.4 Å². The molecule has 1 aliphatic heterocycles. The lowest BCUT2D eigenvalue weighted by atomic mass is 9.99. The molecular formula is C20H25NO4. The van der Waals surface area contributed by atoms with Crippen LogP contribution in [0.1, 0.15) is 68.8 Å². The average molecular weight is 343 g/mol. The van der Waals surface area contributed by atoms with Crippen molar-refractivity contribution in [3.8, 4) is 0 Å². The molecule has 0 bridgehead atoms. The van der Waals surface area contributed by atoms with Crippen molar-refractivity contribution in [2.45, 2.75) is 52.9 Å². The number of Topliss-reactive ketones (excluding diaryl/α,β-unsaturated/α-hetero) is 1. The lowest BCUT2D eigenvalue weighted by Crippen LogP contribution is -2.31. The summed E-state index contributed by atoms with van der Waals surface area (Å²) in [5, 5.41) is 0. The first-order chi connectivity index (χ1) is 11.9. The summed E-state index contributed by atoms with van der Waals surface area (Å²) in [6, 6.07) is 4.97. The second kappa shape index (κ2) is 8.10. The molecule has 0 radical (unpaired) electrons. The number of nitrogens with zero attached hydrogens (tertiary/aromatic N) is 1. The molecule has 0 atom stereocenters. The zero-order valence-corrected chi connectivity index (χ0v) is 15.3. The van der Waals surface area contributed by atoms with Crippen LogP contribution in [0.5, 0.6) is 0 Å². The SMILES string of the molecule is CCCCCC/C(OC)=C1/C(=O)N(C(C)=O)c2ccc(C(C)=O)cc21. The summed E-state index contributed by atoms with van der Waals surface area (Å²) in [7, 11) is 1.54. The Hall–Kier alpha value is -2.43. The average Bonchev–Trinajstić information content (AvgIpc) is 2.86. The molecule has 5 nitrogen and oxygen atoms in total. The molecule has 134 valence electrons. The van der Waals surface area contributed by atoms with Crippen LogP contribution in [-0.2, 0) is 14.3 Å². The normalized spacial score (nSPS) is 15.2. The minimum Gasteiger partial charge on any atom is -0.500 e. The van der Waals surface area contributed by atoms with Gasteiger partial charge < -0.3 is 4.74 Å². The topological polar surface area (TPSA) is 63.7 Å². The van der Waals surface area contributed by atoms with E-state index in [1.165, 1.54) is 13.8 Å². The Morgan fingerprint density at radius 2 is 1.84 bits per heavy atom. The Labute approximate surface area is 148 Å². The first-order valence-electron chi connectivity index (χ1n) is 8.69. The highest BCUT2D eigenvalue weighted by Crippen LogP contribution is 2.40. The number of benzene rings is 1. The predicted octanol–water partition coefficient (Wildman–Crippen LogP) is 4.11. The number of hydrogen-bond donors (Lipinski definition) is 0. The van der Waals surface area contributed by atoms with Crippen LogP contribution in [-0.4, -0.2) is 24.7 Å². The van der Waals surface area contributed by atoms with E-state index in [0.717, 1.165) is 30.6 Å². The number of carbonyl (C=O) groups is 3. The van der Waals surface area contributed by atoms with Crippen LogP contribution >= 0.6 is 0 Å². The second-order valence-electron chi connectivity index (χ2n) is 6.26. The van der Waals surface area contributed by atoms with Crippen LogP contribution in [0.15, 0.2) is 24.0 Å². The van der Waals surface area contributed by atoms with Gasteiger partial charge in [0.15, 0.2) is 5.78 Å². The molecule has 1 heterocycles. The fraction of sp³-hybridized carbons (Fsp3) is 0.450. The monoisotopic (exact) mass is 343 g/mol. The smallest absolute Gasteiger partial charge is 0.269 e. The quantitative estimate of drug-likeness (QED) is 0.323. The van der Waals surface area contributed by atoms with Crippen molar-refractivity contribution in [3.63, 3.8) is 0 Å². The molecule has 25 heavy (non-hydrogen) atoms. The van der Waals surface area contributed by atoms with E-state index < -0.39 is 0 Å². The van der Waals surface area contributed by atoms with Crippen molar-refractivity contribution in [1.29, 1.82) is 0 Å². The van der Waals surface area contributed by atoms with E-state index in [9.17, 15) is 14.4 Å². The van der Waals surface area contributed by atoms with Crippen LogP contribution in [0.3, 0.4) is 0 Å². The molecule has 0 aromatic heterocycles. The van der Waals surface area contributed by atoms with Gasteiger partial charge in [0.2, 0.25) is 5.91 Å². The van der Waals surface area contributed by atoms with Crippen molar-refractivity contribution >= 4 is 28.9 Å². The Morgan fingerprint density at radius 3 is 2.40 bits per heavy atom. The van der Waals surface area contributed by atoms with Gasteiger partial charge in [0.1, 0.15) is 5.76 Å². The fourth-order valence-electron chi connectivity index (χ4n) is 3.11. The van der Waals surface area contributed by atoms with Crippen molar-refractivity contribution in [2.24, 2.45) is 0 Å². The van der Waals surface area contributed by atoms with Crippen LogP contribution in [0, 0.1) is 0 Å². The van der Waals surface area contributed by atoms with Gasteiger partial charge in [-0.15, -0.1) is 0 Å². The lowest BCUT2D eigenvalue weighted by molar-refractivity contribution is -0.122. The van der Waals surface area contributed by atoms with E-state index in [-0.39, 0.29) is 17.6 Å². The number of allylic oxidation sites excluding steroid dienone is 1. The summed E-state index contributed by atoms with van der Waals surface area (Å²) in [6.07, 6.45) is 4.86. The third-order valence-corrected chi connectivity index (χ3v) is 4.43. The fourth-order valence-corrected chi connectivity index (χ4v) is 3.11. The Morgan fingerprint density at radius 1 is 1.12 bits per heavy atom. The minimum atomic E-state index is -0.379. The van der Waals surface area contributed by atoms with E-state index in [1.54, 1.807) is 25.3 Å². The number of imide groups is 1. The summed E-state index contributed by atoms with van der Waals surface area (Å²) >= 11 is 0. The minimum absolute atomic E-state index is 0.0854. The Kier molecular flexibility index (Phi) is 6.12. The van der Waals surface area contributed by atoms with Gasteiger partial charge in [-0.1, -0.05) is 26.2 Å². The first kappa shape index (κ1) is 18.9. The van der Waals surface area contributed by atoms with Gasteiger partial charge in [-0.05, 0) is 31.5 Å². The summed E-state index contributed by atoms with van der Waals surface area (Å²) in [6.45, 7) is 4.98. The van der Waals surface area contributed by atoms with Gasteiger partial charge >= 0.3 is 0 Å². The number of anilines is 1. The van der Waals surface area contributed by atoms with E-state index in [2.05, 4.69) is 6.92 Å². The van der Waals surface area contributed by atoms with Gasteiger partial charge in [-0.3, -0.25) is 14.4 Å². The number of methoxy groups -OCH3 is 1. The molecule has 0 unspecified atom stereocenters. The zero-order chi connectivity index (χ0) is 18.6. The van der Waals surface area contributed by atoms with Crippen LogP contribution in [0.25, 0.3) is 5.57 Å². The molecule has 2 amide bonds. The van der Waals surface area contributed by atoms with Crippen LogP contribution in [0.2, 0.25) is 0 Å². The highest BCUT2D eigenvalue weighted by Gasteiger charge is 2.37. The number of rotatable bonds is 7. The molecule has 0 N–H and O–H groups in total. The number of carbonyl (C=O) groups excluding carboxylic acids is 3. The summed E-state index contributed by atoms with van der Waals surface area (Å²) in [4.78, 5) is 37.7. The van der Waals surface area contributed by atoms with Gasteiger partial charge in [-0.2, -0.15) is 0 Å². The third kappa shape index (κ3) is 3.81. The molecule has 0 saturated carbocycles. The van der Waals surface area contributed by atoms with Crippen LogP contribution in [0.4, 0.5) is 5.69 Å². The summed E-state index contributed by atoms with van der Waals surface area (Å²) in [5.74, 6) is -0.238. The van der Waals surface area contributed by atoms with E-state index >= 15 is 0 Å². The molecule has 0 aliphatic carbocycles. The van der Waals surface area contributed by atoms with Crippen molar-refractivity contribution in [3.05, 3.63) is 35.1 Å². The van der Waals surface area contributed by atoms with Gasteiger partial charge in [-0.25, -0.2) is 4.90 Å². The standard InChI is InChI=1S/C20H25NO4/c1-5-6-7-8-9-18(25-4)19-16-12-15(13(2)22)10-11-17(16)21(14(3)23)20(19)24/h10-12H,5-9H2,1-4H3/b19-18-. The van der Waals surface area contributed by atoms with E-state index in [4.69, 9.17) is 4.74 Å². The van der Waals surface area contributed by atoms with Gasteiger partial charge in [0.25, 0.3) is 5.91 Å². The maximum absolute atomic E-state index is 12.9. The Balaban J connectivity index is 2.52. The number of hydrogen-bond acceptors (Lipinski definition) is 4. The number of fused-ring (bicyclic) bond motifs is 1. The number of ketones is 1. The van der Waals surface area contributed by atoms with E-state index in [0.29, 0.717) is 34.6 Å². The second-order valence-corrected chi connectivity index (χ2v) is 6.26. The van der Waals surface area contributed by atoms with Crippen LogP contribution < -0.4 is 4.90 Å². The number of ether oxygens (including phenoxy) is 1. The largest absolute Gasteiger partial charge is 0.500 e. The zero-order valence-electron chi connectivity index (χ0n) is 15.3. The third-order valence-electron chi connectivity index (χ3n) is 4.43. The molecule has 5 heteroatoms. The van der Waals surface area contributed by atoms with Crippen molar-refractivity contribution in [1.82, 2.24) is 0 Å². The maximum Gasteiger partial charge on any atom is 0.269 e. The van der Waals surface area contributed by atoms with Crippen molar-refractivity contribution < 1.29 is 19.1 Å². The first-order valence-corrected chi connectivity index (χ1v) is 8.69. The number of unbranched alkanes of at least 4 members (excludes halogenated alkanes) is 3. The summed E-state index contributed by atoms with van der Waals surface area (Å²) in [5.41, 5.74) is 2.02. The molecule has 0 fully saturated rings. The molecule has 1 aliphatic rings. The molecule has 2 rings (SSSR count). The molecule has 0 spiro atoms. The molecule has 1 aromatic carbocycles. The highest BCUT2D eigenvalue weighted by molar-refractivity contribution is 6.40. The van der Waals surface area contributed by atoms with Crippen molar-refractivity contribution in [2.75, 3.05) is 12.0 Å². The van der Waals surface area contributed by atoms with Gasteiger partial charge in [0, 0.05) is 24.5 Å². The number of amides is 2.